The van der Waals surface area contributed by atoms with Crippen LogP contribution < -0.4 is 5.73 Å². The average molecular weight is 361 g/mol. The summed E-state index contributed by atoms with van der Waals surface area (Å²) in [6, 6.07) is 6.80. The largest absolute Gasteiger partial charge is 0.465 e. The van der Waals surface area contributed by atoms with Gasteiger partial charge < -0.3 is 25.4 Å². The number of carboxylic acid groups (broad SMARTS) is 1. The third kappa shape index (κ3) is 2.49. The van der Waals surface area contributed by atoms with Crippen LogP contribution in [0.5, 0.6) is 0 Å². The van der Waals surface area contributed by atoms with Crippen LogP contribution in [-0.4, -0.2) is 51.0 Å². The minimum atomic E-state index is -1.13. The number of aliphatic hydroxyl groups excluding tert-OH is 1. The Kier molecular flexibility index (Phi) is 3.82. The van der Waals surface area contributed by atoms with Crippen molar-refractivity contribution in [2.45, 2.75) is 18.2 Å². The molecular weight excluding hydrogens is 344 g/mol. The number of hydrogen-bond acceptors (Lipinski definition) is 3. The van der Waals surface area contributed by atoms with E-state index in [1.807, 2.05) is 0 Å². The fourth-order valence-electron chi connectivity index (χ4n) is 3.80. The van der Waals surface area contributed by atoms with Crippen molar-refractivity contribution >= 4 is 27.9 Å². The van der Waals surface area contributed by atoms with Crippen molar-refractivity contribution in [1.29, 1.82) is 0 Å². The Morgan fingerprint density at radius 1 is 1.04 bits per heavy atom. The molecule has 4 rings (SSSR count). The Morgan fingerprint density at radius 2 is 1.58 bits per heavy atom. The lowest BCUT2D eigenvalue weighted by Crippen LogP contribution is -2.57. The maximum absolute atomic E-state index is 13.8. The second-order valence-corrected chi connectivity index (χ2v) is 6.60. The molecule has 1 fully saturated rings. The predicted octanol–water partition coefficient (Wildman–Crippen LogP) is 2.30. The predicted molar refractivity (Wildman–Crippen MR) is 92.0 cm³/mol. The second kappa shape index (κ2) is 5.93. The van der Waals surface area contributed by atoms with Crippen LogP contribution in [-0.2, 0) is 0 Å². The maximum Gasteiger partial charge on any atom is 0.407 e. The lowest BCUT2D eigenvalue weighted by atomic mass is 9.97. The van der Waals surface area contributed by atoms with Crippen molar-refractivity contribution in [3.8, 4) is 0 Å². The molecular formula is C18H17F2N3O3. The van der Waals surface area contributed by atoms with Gasteiger partial charge in [-0.15, -0.1) is 0 Å². The third-order valence-electron chi connectivity index (χ3n) is 5.00. The molecule has 3 unspecified atom stereocenters. The number of likely N-dealkylation sites (tertiary alicyclic amines) is 1. The van der Waals surface area contributed by atoms with Gasteiger partial charge in [-0.05, 0) is 36.4 Å². The maximum atomic E-state index is 13.8. The first-order valence-corrected chi connectivity index (χ1v) is 8.17. The lowest BCUT2D eigenvalue weighted by molar-refractivity contribution is 0.0221. The number of rotatable bonds is 1. The van der Waals surface area contributed by atoms with E-state index in [0.29, 0.717) is 21.8 Å². The van der Waals surface area contributed by atoms with Crippen LogP contribution in [0.3, 0.4) is 0 Å². The molecule has 1 saturated heterocycles. The SMILES string of the molecule is NC1CN(C(=O)O)CC(n2c3ccc(F)cc3c3cc(F)ccc32)C1O. The number of halogens is 2. The summed E-state index contributed by atoms with van der Waals surface area (Å²) in [4.78, 5) is 12.6. The summed E-state index contributed by atoms with van der Waals surface area (Å²) < 4.78 is 29.3. The Labute approximate surface area is 147 Å². The molecule has 1 aliphatic heterocycles. The highest BCUT2D eigenvalue weighted by atomic mass is 19.1. The van der Waals surface area contributed by atoms with Crippen LogP contribution in [0.4, 0.5) is 13.6 Å². The molecule has 0 bridgehead atoms. The van der Waals surface area contributed by atoms with Crippen molar-refractivity contribution in [3.05, 3.63) is 48.0 Å². The van der Waals surface area contributed by atoms with Crippen LogP contribution in [0.15, 0.2) is 36.4 Å². The van der Waals surface area contributed by atoms with E-state index in [9.17, 15) is 23.8 Å². The number of carbonyl (C=O) groups is 1. The molecule has 1 aromatic heterocycles. The number of fused-ring (bicyclic) bond motifs is 3. The summed E-state index contributed by atoms with van der Waals surface area (Å²) in [6.45, 7) is 0.0468. The molecule has 0 aliphatic carbocycles. The molecule has 3 aromatic rings. The van der Waals surface area contributed by atoms with Gasteiger partial charge in [-0.1, -0.05) is 0 Å². The molecule has 8 heteroatoms. The van der Waals surface area contributed by atoms with Gasteiger partial charge in [0.25, 0.3) is 0 Å². The van der Waals surface area contributed by atoms with E-state index >= 15 is 0 Å². The Balaban J connectivity index is 1.98. The summed E-state index contributed by atoms with van der Waals surface area (Å²) in [7, 11) is 0. The van der Waals surface area contributed by atoms with E-state index in [2.05, 4.69) is 0 Å². The molecule has 0 spiro atoms. The molecule has 3 atom stereocenters. The van der Waals surface area contributed by atoms with Gasteiger partial charge >= 0.3 is 6.09 Å². The topological polar surface area (TPSA) is 91.7 Å². The molecule has 2 aromatic carbocycles. The molecule has 26 heavy (non-hydrogen) atoms. The quantitative estimate of drug-likeness (QED) is 0.620. The van der Waals surface area contributed by atoms with Crippen molar-refractivity contribution in [3.63, 3.8) is 0 Å². The zero-order valence-corrected chi connectivity index (χ0v) is 13.6. The van der Waals surface area contributed by atoms with Crippen molar-refractivity contribution in [2.75, 3.05) is 13.1 Å². The summed E-state index contributed by atoms with van der Waals surface area (Å²) in [5.41, 5.74) is 7.11. The number of nitrogens with two attached hydrogens (primary N) is 1. The van der Waals surface area contributed by atoms with Gasteiger partial charge in [0, 0.05) is 34.9 Å². The second-order valence-electron chi connectivity index (χ2n) is 6.60. The first-order chi connectivity index (χ1) is 12.4. The fourth-order valence-corrected chi connectivity index (χ4v) is 3.80. The molecule has 1 amide bonds. The van der Waals surface area contributed by atoms with Gasteiger partial charge in [0.05, 0.1) is 18.2 Å². The lowest BCUT2D eigenvalue weighted by Gasteiger charge is -2.39. The number of hydrogen-bond donors (Lipinski definition) is 3. The highest BCUT2D eigenvalue weighted by molar-refractivity contribution is 6.08. The van der Waals surface area contributed by atoms with E-state index in [1.54, 1.807) is 16.7 Å². The van der Waals surface area contributed by atoms with Gasteiger partial charge in [0.1, 0.15) is 11.6 Å². The van der Waals surface area contributed by atoms with Crippen LogP contribution >= 0.6 is 0 Å². The zero-order chi connectivity index (χ0) is 18.6. The van der Waals surface area contributed by atoms with Crippen LogP contribution in [0.25, 0.3) is 21.8 Å². The van der Waals surface area contributed by atoms with E-state index in [-0.39, 0.29) is 13.1 Å². The fraction of sp³-hybridized carbons (Fsp3) is 0.278. The number of aromatic nitrogens is 1. The van der Waals surface area contributed by atoms with E-state index < -0.39 is 35.9 Å². The molecule has 136 valence electrons. The first kappa shape index (κ1) is 16.7. The zero-order valence-electron chi connectivity index (χ0n) is 13.6. The van der Waals surface area contributed by atoms with Gasteiger partial charge in [0.15, 0.2) is 0 Å². The summed E-state index contributed by atoms with van der Waals surface area (Å²) >= 11 is 0. The standard InChI is InChI=1S/C18H17F2N3O3/c19-9-1-3-14-11(5-9)12-6-10(20)2-4-15(12)23(14)16-8-22(18(25)26)7-13(21)17(16)24/h1-6,13,16-17,24H,7-8,21H2,(H,25,26). The molecule has 0 saturated carbocycles. The molecule has 2 heterocycles. The van der Waals surface area contributed by atoms with Crippen molar-refractivity contribution in [2.24, 2.45) is 5.73 Å². The number of amides is 1. The summed E-state index contributed by atoms with van der Waals surface area (Å²) in [5.74, 6) is -0.928. The molecule has 6 nitrogen and oxygen atoms in total. The molecule has 0 radical (unpaired) electrons. The van der Waals surface area contributed by atoms with Gasteiger partial charge in [-0.2, -0.15) is 0 Å². The number of benzene rings is 2. The van der Waals surface area contributed by atoms with Gasteiger partial charge in [0.2, 0.25) is 0 Å². The first-order valence-electron chi connectivity index (χ1n) is 8.17. The van der Waals surface area contributed by atoms with Gasteiger partial charge in [-0.25, -0.2) is 13.6 Å². The highest BCUT2D eigenvalue weighted by Crippen LogP contribution is 2.35. The Bertz CT molecular complexity index is 960. The van der Waals surface area contributed by atoms with E-state index in [1.165, 1.54) is 24.3 Å². The van der Waals surface area contributed by atoms with Gasteiger partial charge in [-0.3, -0.25) is 0 Å². The van der Waals surface area contributed by atoms with Crippen LogP contribution in [0.1, 0.15) is 6.04 Å². The monoisotopic (exact) mass is 361 g/mol. The number of piperidine rings is 1. The van der Waals surface area contributed by atoms with Crippen LogP contribution in [0.2, 0.25) is 0 Å². The number of aliphatic hydroxyl groups is 1. The highest BCUT2D eigenvalue weighted by Gasteiger charge is 2.38. The van der Waals surface area contributed by atoms with Crippen LogP contribution in [0, 0.1) is 11.6 Å². The number of nitrogens with zero attached hydrogens (tertiary/aromatic N) is 2. The Hall–Kier alpha value is -2.71. The minimum Gasteiger partial charge on any atom is -0.465 e. The minimum absolute atomic E-state index is 0.0212. The van der Waals surface area contributed by atoms with E-state index in [0.717, 1.165) is 4.90 Å². The average Bonchev–Trinajstić information content (AvgIpc) is 2.90. The summed E-state index contributed by atoms with van der Waals surface area (Å²) in [6.07, 6.45) is -2.13. The Morgan fingerprint density at radius 3 is 2.08 bits per heavy atom. The van der Waals surface area contributed by atoms with Crippen molar-refractivity contribution in [1.82, 2.24) is 9.47 Å². The normalized spacial score (nSPS) is 23.7. The third-order valence-corrected chi connectivity index (χ3v) is 5.00. The summed E-state index contributed by atoms with van der Waals surface area (Å²) in [5, 5.41) is 20.9. The smallest absolute Gasteiger partial charge is 0.407 e. The molecule has 4 N–H and O–H groups in total. The van der Waals surface area contributed by atoms with E-state index in [4.69, 9.17) is 5.73 Å². The molecule has 1 aliphatic rings. The van der Waals surface area contributed by atoms with Crippen molar-refractivity contribution < 1.29 is 23.8 Å².